The molecule has 0 bridgehead atoms. The number of nitrogens with zero attached hydrogens (tertiary/aromatic N) is 5. The smallest absolute Gasteiger partial charge is 0.191 e. The SMILES string of the molecule is N#Cc1ccc(C(c2ccc(C#N)cc2)n2cnc(C=N)n2)cc1. The molecule has 0 radical (unpaired) electrons. The topological polar surface area (TPSA) is 102 Å². The second kappa shape index (κ2) is 6.55. The Morgan fingerprint density at radius 3 is 1.79 bits per heavy atom. The van der Waals surface area contributed by atoms with Gasteiger partial charge in [-0.3, -0.25) is 0 Å². The third kappa shape index (κ3) is 2.90. The zero-order chi connectivity index (χ0) is 16.9. The van der Waals surface area contributed by atoms with E-state index in [2.05, 4.69) is 22.2 Å². The summed E-state index contributed by atoms with van der Waals surface area (Å²) in [6, 6.07) is 18.4. The molecule has 0 amide bonds. The van der Waals surface area contributed by atoms with Crippen molar-refractivity contribution in [3.63, 3.8) is 0 Å². The van der Waals surface area contributed by atoms with Crippen LogP contribution in [-0.4, -0.2) is 21.0 Å². The standard InChI is InChI=1S/C18H12N6/c19-9-13-1-5-15(6-2-13)18(24-12-22-17(11-21)23-24)16-7-3-14(10-20)4-8-16/h1-8,11-12,18,21H. The molecule has 3 rings (SSSR count). The van der Waals surface area contributed by atoms with Crippen LogP contribution in [0.1, 0.15) is 34.1 Å². The van der Waals surface area contributed by atoms with Gasteiger partial charge in [-0.2, -0.15) is 10.5 Å². The largest absolute Gasteiger partial charge is 0.305 e. The van der Waals surface area contributed by atoms with Gasteiger partial charge in [0, 0.05) is 0 Å². The lowest BCUT2D eigenvalue weighted by Crippen LogP contribution is -2.13. The van der Waals surface area contributed by atoms with E-state index in [0.717, 1.165) is 17.3 Å². The normalized spacial score (nSPS) is 10.1. The number of aromatic nitrogens is 3. The Labute approximate surface area is 138 Å². The van der Waals surface area contributed by atoms with Gasteiger partial charge in [-0.1, -0.05) is 24.3 Å². The predicted molar refractivity (Wildman–Crippen MR) is 87.5 cm³/mol. The summed E-state index contributed by atoms with van der Waals surface area (Å²) in [5, 5.41) is 29.5. The van der Waals surface area contributed by atoms with Crippen molar-refractivity contribution in [2.75, 3.05) is 0 Å². The second-order valence-corrected chi connectivity index (χ2v) is 5.10. The molecule has 0 saturated carbocycles. The fourth-order valence-corrected chi connectivity index (χ4v) is 2.46. The molecule has 0 fully saturated rings. The Bertz CT molecular complexity index is 881. The van der Waals surface area contributed by atoms with E-state index in [0.29, 0.717) is 17.0 Å². The Morgan fingerprint density at radius 2 is 1.42 bits per heavy atom. The number of nitrogens with one attached hydrogen (secondary N) is 1. The van der Waals surface area contributed by atoms with Gasteiger partial charge in [0.25, 0.3) is 0 Å². The first-order valence-electron chi connectivity index (χ1n) is 7.17. The van der Waals surface area contributed by atoms with Crippen LogP contribution in [0.5, 0.6) is 0 Å². The predicted octanol–water partition coefficient (Wildman–Crippen LogP) is 2.66. The fourth-order valence-electron chi connectivity index (χ4n) is 2.46. The first kappa shape index (κ1) is 15.1. The third-order valence-corrected chi connectivity index (χ3v) is 3.63. The highest BCUT2D eigenvalue weighted by Gasteiger charge is 2.18. The summed E-state index contributed by atoms with van der Waals surface area (Å²) in [6.45, 7) is 0. The first-order chi connectivity index (χ1) is 11.7. The molecule has 114 valence electrons. The molecule has 0 aliphatic heterocycles. The molecule has 2 aromatic carbocycles. The molecule has 3 aromatic rings. The molecule has 1 aromatic heterocycles. The van der Waals surface area contributed by atoms with E-state index in [1.807, 2.05) is 24.3 Å². The lowest BCUT2D eigenvalue weighted by atomic mass is 9.97. The lowest BCUT2D eigenvalue weighted by molar-refractivity contribution is 0.593. The number of hydrogen-bond donors (Lipinski definition) is 1. The summed E-state index contributed by atoms with van der Waals surface area (Å²) in [5.74, 6) is 0.322. The van der Waals surface area contributed by atoms with Gasteiger partial charge in [-0.05, 0) is 35.4 Å². The molecule has 6 nitrogen and oxygen atoms in total. The first-order valence-corrected chi connectivity index (χ1v) is 7.17. The van der Waals surface area contributed by atoms with Gasteiger partial charge in [-0.25, -0.2) is 9.67 Å². The van der Waals surface area contributed by atoms with Crippen molar-refractivity contribution in [2.45, 2.75) is 6.04 Å². The molecule has 1 N–H and O–H groups in total. The fraction of sp³-hybridized carbons (Fsp3) is 0.0556. The highest BCUT2D eigenvalue weighted by molar-refractivity contribution is 5.70. The number of rotatable bonds is 4. The van der Waals surface area contributed by atoms with Gasteiger partial charge < -0.3 is 5.41 Å². The maximum absolute atomic E-state index is 8.96. The number of nitriles is 2. The van der Waals surface area contributed by atoms with Crippen LogP contribution in [0.15, 0.2) is 54.9 Å². The summed E-state index contributed by atoms with van der Waals surface area (Å²) < 4.78 is 1.67. The number of benzene rings is 2. The average molecular weight is 312 g/mol. The van der Waals surface area contributed by atoms with Crippen LogP contribution in [0, 0.1) is 28.1 Å². The molecule has 0 aliphatic rings. The van der Waals surface area contributed by atoms with Crippen molar-refractivity contribution in [3.05, 3.63) is 82.9 Å². The minimum absolute atomic E-state index is 0.258. The van der Waals surface area contributed by atoms with Gasteiger partial charge in [0.05, 0.1) is 29.5 Å². The lowest BCUT2D eigenvalue weighted by Gasteiger charge is -2.18. The summed E-state index contributed by atoms with van der Waals surface area (Å²) in [5.41, 5.74) is 3.02. The highest BCUT2D eigenvalue weighted by atomic mass is 15.3. The maximum Gasteiger partial charge on any atom is 0.191 e. The van der Waals surface area contributed by atoms with Crippen LogP contribution in [0.25, 0.3) is 0 Å². The van der Waals surface area contributed by atoms with Gasteiger partial charge in [0.15, 0.2) is 5.82 Å². The van der Waals surface area contributed by atoms with Crippen LogP contribution in [-0.2, 0) is 0 Å². The van der Waals surface area contributed by atoms with Crippen molar-refractivity contribution in [1.29, 1.82) is 15.9 Å². The zero-order valence-corrected chi connectivity index (χ0v) is 12.6. The van der Waals surface area contributed by atoms with Crippen LogP contribution in [0.4, 0.5) is 0 Å². The molecule has 0 spiro atoms. The van der Waals surface area contributed by atoms with E-state index in [9.17, 15) is 0 Å². The van der Waals surface area contributed by atoms with Crippen molar-refractivity contribution in [1.82, 2.24) is 14.8 Å². The Kier molecular flexibility index (Phi) is 4.13. The second-order valence-electron chi connectivity index (χ2n) is 5.10. The van der Waals surface area contributed by atoms with Crippen LogP contribution >= 0.6 is 0 Å². The van der Waals surface area contributed by atoms with E-state index < -0.39 is 0 Å². The monoisotopic (exact) mass is 312 g/mol. The van der Waals surface area contributed by atoms with Crippen molar-refractivity contribution < 1.29 is 0 Å². The van der Waals surface area contributed by atoms with E-state index in [-0.39, 0.29) is 6.04 Å². The molecule has 0 atom stereocenters. The summed E-state index contributed by atoms with van der Waals surface area (Å²) in [7, 11) is 0. The maximum atomic E-state index is 8.96. The molecule has 1 heterocycles. The van der Waals surface area contributed by atoms with E-state index >= 15 is 0 Å². The summed E-state index contributed by atoms with van der Waals surface area (Å²) >= 11 is 0. The van der Waals surface area contributed by atoms with Crippen LogP contribution in [0.2, 0.25) is 0 Å². The quantitative estimate of drug-likeness (QED) is 0.748. The van der Waals surface area contributed by atoms with E-state index in [4.69, 9.17) is 15.9 Å². The van der Waals surface area contributed by atoms with Gasteiger partial charge in [0.2, 0.25) is 0 Å². The highest BCUT2D eigenvalue weighted by Crippen LogP contribution is 2.26. The van der Waals surface area contributed by atoms with Crippen molar-refractivity contribution in [3.8, 4) is 12.1 Å². The summed E-state index contributed by atoms with van der Waals surface area (Å²) in [4.78, 5) is 4.08. The molecule has 0 aliphatic carbocycles. The Hall–Kier alpha value is -3.77. The van der Waals surface area contributed by atoms with Gasteiger partial charge in [0.1, 0.15) is 12.4 Å². The van der Waals surface area contributed by atoms with Crippen LogP contribution in [0.3, 0.4) is 0 Å². The molecule has 6 heteroatoms. The van der Waals surface area contributed by atoms with Crippen molar-refractivity contribution >= 4 is 6.21 Å². The third-order valence-electron chi connectivity index (χ3n) is 3.63. The number of hydrogen-bond acceptors (Lipinski definition) is 5. The zero-order valence-electron chi connectivity index (χ0n) is 12.6. The van der Waals surface area contributed by atoms with Gasteiger partial charge in [-0.15, -0.1) is 5.10 Å². The minimum atomic E-state index is -0.258. The summed E-state index contributed by atoms with van der Waals surface area (Å²) in [6.07, 6.45) is 2.66. The molecule has 24 heavy (non-hydrogen) atoms. The van der Waals surface area contributed by atoms with E-state index in [1.165, 1.54) is 0 Å². The van der Waals surface area contributed by atoms with Crippen LogP contribution < -0.4 is 0 Å². The van der Waals surface area contributed by atoms with E-state index in [1.54, 1.807) is 35.3 Å². The Balaban J connectivity index is 2.10. The minimum Gasteiger partial charge on any atom is -0.305 e. The Morgan fingerprint density at radius 1 is 0.917 bits per heavy atom. The average Bonchev–Trinajstić information content (AvgIpc) is 3.12. The van der Waals surface area contributed by atoms with Crippen molar-refractivity contribution in [2.24, 2.45) is 0 Å². The molecular weight excluding hydrogens is 300 g/mol. The molecule has 0 saturated heterocycles. The van der Waals surface area contributed by atoms with Gasteiger partial charge >= 0.3 is 0 Å². The molecular formula is C18H12N6. The molecule has 0 unspecified atom stereocenters.